The van der Waals surface area contributed by atoms with Gasteiger partial charge in [0.1, 0.15) is 5.01 Å². The van der Waals surface area contributed by atoms with Crippen LogP contribution in [0, 0.1) is 0 Å². The molecule has 1 aliphatic rings. The monoisotopic (exact) mass is 385 g/mol. The van der Waals surface area contributed by atoms with Crippen LogP contribution >= 0.6 is 11.3 Å². The lowest BCUT2D eigenvalue weighted by Crippen LogP contribution is -2.09. The summed E-state index contributed by atoms with van der Waals surface area (Å²) in [5.74, 6) is 0. The van der Waals surface area contributed by atoms with E-state index in [9.17, 15) is 8.42 Å². The van der Waals surface area contributed by atoms with Gasteiger partial charge < -0.3 is 5.32 Å². The number of benzene rings is 2. The molecule has 0 aliphatic carbocycles. The molecule has 1 aliphatic heterocycles. The van der Waals surface area contributed by atoms with Crippen LogP contribution in [0.2, 0.25) is 0 Å². The van der Waals surface area contributed by atoms with Gasteiger partial charge in [-0.25, -0.2) is 8.42 Å². The van der Waals surface area contributed by atoms with Crippen LogP contribution in [-0.4, -0.2) is 31.1 Å². The Morgan fingerprint density at radius 3 is 2.81 bits per heavy atom. The van der Waals surface area contributed by atoms with Crippen molar-refractivity contribution in [2.45, 2.75) is 6.54 Å². The van der Waals surface area contributed by atoms with Gasteiger partial charge in [-0.15, -0.1) is 10.2 Å². The molecule has 7 nitrogen and oxygen atoms in total. The Labute approximate surface area is 154 Å². The lowest BCUT2D eigenvalue weighted by Gasteiger charge is -2.05. The molecule has 0 fully saturated rings. The van der Waals surface area contributed by atoms with Crippen molar-refractivity contribution in [2.75, 3.05) is 16.3 Å². The quantitative estimate of drug-likeness (QED) is 0.703. The smallest absolute Gasteiger partial charge is 0.229 e. The van der Waals surface area contributed by atoms with Gasteiger partial charge in [0.05, 0.1) is 12.8 Å². The first-order valence-electron chi connectivity index (χ1n) is 7.78. The molecule has 3 aromatic rings. The molecule has 26 heavy (non-hydrogen) atoms. The zero-order valence-corrected chi connectivity index (χ0v) is 15.4. The molecule has 2 N–H and O–H groups in total. The van der Waals surface area contributed by atoms with Crippen molar-refractivity contribution in [3.63, 3.8) is 0 Å². The molecule has 9 heteroatoms. The van der Waals surface area contributed by atoms with Gasteiger partial charge in [0.25, 0.3) is 0 Å². The number of nitrogens with one attached hydrogen (secondary N) is 2. The minimum atomic E-state index is -3.32. The molecule has 2 aromatic carbocycles. The average molecular weight is 385 g/mol. The minimum Gasteiger partial charge on any atom is -0.330 e. The van der Waals surface area contributed by atoms with Gasteiger partial charge in [-0.1, -0.05) is 29.5 Å². The van der Waals surface area contributed by atoms with E-state index in [1.807, 2.05) is 30.5 Å². The summed E-state index contributed by atoms with van der Waals surface area (Å²) in [4.78, 5) is 4.25. The molecular weight excluding hydrogens is 370 g/mol. The predicted molar refractivity (Wildman–Crippen MR) is 105 cm³/mol. The summed E-state index contributed by atoms with van der Waals surface area (Å²) >= 11 is 1.40. The summed E-state index contributed by atoms with van der Waals surface area (Å²) in [5, 5.41) is 13.0. The van der Waals surface area contributed by atoms with Gasteiger partial charge in [0.2, 0.25) is 15.2 Å². The standard InChI is InChI=1S/C17H15N5O2S2/c1-26(23,24)22-15-4-2-3-11(7-15)16-20-21-17(25-16)19-14-6-5-12-9-18-10-13(12)8-14/h2-8,10,22H,9H2,1H3,(H,19,21). The summed E-state index contributed by atoms with van der Waals surface area (Å²) in [6.45, 7) is 0.733. The lowest BCUT2D eigenvalue weighted by atomic mass is 10.1. The van der Waals surface area contributed by atoms with E-state index in [0.717, 1.165) is 29.6 Å². The van der Waals surface area contributed by atoms with E-state index >= 15 is 0 Å². The van der Waals surface area contributed by atoms with Gasteiger partial charge in [0, 0.05) is 23.2 Å². The van der Waals surface area contributed by atoms with E-state index in [1.54, 1.807) is 18.2 Å². The van der Waals surface area contributed by atoms with Gasteiger partial charge >= 0.3 is 0 Å². The Hall–Kier alpha value is -2.78. The molecule has 0 saturated heterocycles. The second-order valence-electron chi connectivity index (χ2n) is 5.88. The van der Waals surface area contributed by atoms with Crippen LogP contribution in [0.3, 0.4) is 0 Å². The molecular formula is C17H15N5O2S2. The largest absolute Gasteiger partial charge is 0.330 e. The second kappa shape index (κ2) is 6.50. The molecule has 0 atom stereocenters. The van der Waals surface area contributed by atoms with Crippen molar-refractivity contribution in [3.8, 4) is 10.6 Å². The Balaban J connectivity index is 1.55. The van der Waals surface area contributed by atoms with Crippen molar-refractivity contribution in [3.05, 3.63) is 53.6 Å². The van der Waals surface area contributed by atoms with E-state index < -0.39 is 10.0 Å². The summed E-state index contributed by atoms with van der Waals surface area (Å²) in [6.07, 6.45) is 2.99. The molecule has 0 saturated carbocycles. The average Bonchev–Trinajstić information content (AvgIpc) is 3.22. The number of aliphatic imine (C=N–C) groups is 1. The van der Waals surface area contributed by atoms with Crippen LogP contribution in [0.4, 0.5) is 16.5 Å². The topological polar surface area (TPSA) is 96.3 Å². The van der Waals surface area contributed by atoms with E-state index in [1.165, 1.54) is 16.9 Å². The number of nitrogens with zero attached hydrogens (tertiary/aromatic N) is 3. The summed E-state index contributed by atoms with van der Waals surface area (Å²) < 4.78 is 25.2. The first-order chi connectivity index (χ1) is 12.5. The van der Waals surface area contributed by atoms with Gasteiger partial charge in [0.15, 0.2) is 0 Å². The van der Waals surface area contributed by atoms with Crippen LogP contribution in [0.1, 0.15) is 11.1 Å². The zero-order valence-electron chi connectivity index (χ0n) is 13.8. The highest BCUT2D eigenvalue weighted by Crippen LogP contribution is 2.30. The Bertz CT molecular complexity index is 1110. The highest BCUT2D eigenvalue weighted by atomic mass is 32.2. The van der Waals surface area contributed by atoms with Gasteiger partial charge in [-0.05, 0) is 35.4 Å². The Morgan fingerprint density at radius 1 is 1.08 bits per heavy atom. The molecule has 2 heterocycles. The third-order valence-electron chi connectivity index (χ3n) is 3.73. The number of hydrogen-bond donors (Lipinski definition) is 2. The third kappa shape index (κ3) is 3.73. The van der Waals surface area contributed by atoms with Crippen LogP contribution in [0.5, 0.6) is 0 Å². The maximum atomic E-state index is 11.4. The van der Waals surface area contributed by atoms with Crippen molar-refractivity contribution in [2.24, 2.45) is 4.99 Å². The second-order valence-corrected chi connectivity index (χ2v) is 8.60. The Kier molecular flexibility index (Phi) is 4.17. The van der Waals surface area contributed by atoms with E-state index in [2.05, 4.69) is 25.2 Å². The molecule has 0 amide bonds. The fourth-order valence-corrected chi connectivity index (χ4v) is 3.94. The van der Waals surface area contributed by atoms with Crippen LogP contribution in [0.25, 0.3) is 10.6 Å². The van der Waals surface area contributed by atoms with E-state index in [-0.39, 0.29) is 0 Å². The Morgan fingerprint density at radius 2 is 1.96 bits per heavy atom. The van der Waals surface area contributed by atoms with E-state index in [4.69, 9.17) is 0 Å². The highest BCUT2D eigenvalue weighted by molar-refractivity contribution is 7.92. The summed E-state index contributed by atoms with van der Waals surface area (Å²) in [7, 11) is -3.32. The number of aromatic nitrogens is 2. The maximum absolute atomic E-state index is 11.4. The number of sulfonamides is 1. The van der Waals surface area contributed by atoms with Crippen molar-refractivity contribution in [1.29, 1.82) is 0 Å². The van der Waals surface area contributed by atoms with Crippen LogP contribution in [-0.2, 0) is 16.6 Å². The van der Waals surface area contributed by atoms with Crippen molar-refractivity contribution in [1.82, 2.24) is 10.2 Å². The van der Waals surface area contributed by atoms with Gasteiger partial charge in [-0.3, -0.25) is 9.71 Å². The number of rotatable bonds is 5. The summed E-state index contributed by atoms with van der Waals surface area (Å²) in [5.41, 5.74) is 4.54. The lowest BCUT2D eigenvalue weighted by molar-refractivity contribution is 0.607. The summed E-state index contributed by atoms with van der Waals surface area (Å²) in [6, 6.07) is 13.1. The molecule has 0 bridgehead atoms. The van der Waals surface area contributed by atoms with Crippen LogP contribution in [0.15, 0.2) is 47.5 Å². The third-order valence-corrected chi connectivity index (χ3v) is 5.22. The SMILES string of the molecule is CS(=O)(=O)Nc1cccc(-c2nnc(Nc3ccc4c(c3)C=NC4)s2)c1. The number of fused-ring (bicyclic) bond motifs is 1. The highest BCUT2D eigenvalue weighted by Gasteiger charge is 2.11. The number of anilines is 3. The molecule has 4 rings (SSSR count). The molecule has 0 spiro atoms. The molecule has 0 radical (unpaired) electrons. The molecule has 1 aromatic heterocycles. The fourth-order valence-electron chi connectivity index (χ4n) is 2.62. The first-order valence-corrected chi connectivity index (χ1v) is 10.5. The van der Waals surface area contributed by atoms with Crippen LogP contribution < -0.4 is 10.0 Å². The predicted octanol–water partition coefficient (Wildman–Crippen LogP) is 3.25. The zero-order chi connectivity index (χ0) is 18.1. The van der Waals surface area contributed by atoms with Crippen molar-refractivity contribution < 1.29 is 8.42 Å². The van der Waals surface area contributed by atoms with Crippen molar-refractivity contribution >= 4 is 44.1 Å². The molecule has 0 unspecified atom stereocenters. The number of hydrogen-bond acceptors (Lipinski definition) is 7. The van der Waals surface area contributed by atoms with Gasteiger partial charge in [-0.2, -0.15) is 0 Å². The minimum absolute atomic E-state index is 0.493. The normalized spacial score (nSPS) is 12.8. The maximum Gasteiger partial charge on any atom is 0.229 e. The first kappa shape index (κ1) is 16.7. The molecule has 132 valence electrons. The fraction of sp³-hybridized carbons (Fsp3) is 0.118. The van der Waals surface area contributed by atoms with E-state index in [0.29, 0.717) is 15.8 Å².